The molecule has 1 aliphatic rings. The molecule has 0 spiro atoms. The van der Waals surface area contributed by atoms with Crippen LogP contribution < -0.4 is 10.2 Å². The van der Waals surface area contributed by atoms with Crippen LogP contribution in [0.15, 0.2) is 6.07 Å². The molecule has 0 radical (unpaired) electrons. The van der Waals surface area contributed by atoms with Crippen molar-refractivity contribution in [3.8, 4) is 0 Å². The van der Waals surface area contributed by atoms with Gasteiger partial charge in [0.15, 0.2) is 0 Å². The third-order valence-corrected chi connectivity index (χ3v) is 3.92. The van der Waals surface area contributed by atoms with Gasteiger partial charge >= 0.3 is 0 Å². The Hall–Kier alpha value is -1.32. The second kappa shape index (κ2) is 6.22. The first-order valence-corrected chi connectivity index (χ1v) is 7.50. The number of nitrogens with zero attached hydrogens (tertiary/aromatic N) is 3. The third-order valence-electron chi connectivity index (χ3n) is 3.92. The van der Waals surface area contributed by atoms with Crippen LogP contribution in [0, 0.1) is 11.8 Å². The zero-order chi connectivity index (χ0) is 13.8. The van der Waals surface area contributed by atoms with Crippen LogP contribution in [-0.4, -0.2) is 29.6 Å². The van der Waals surface area contributed by atoms with Crippen molar-refractivity contribution >= 4 is 11.6 Å². The van der Waals surface area contributed by atoms with E-state index in [1.165, 1.54) is 6.42 Å². The second-order valence-corrected chi connectivity index (χ2v) is 5.65. The summed E-state index contributed by atoms with van der Waals surface area (Å²) in [7, 11) is 0. The normalized spacial score (nSPS) is 19.2. The summed E-state index contributed by atoms with van der Waals surface area (Å²) in [5.41, 5.74) is 0. The van der Waals surface area contributed by atoms with Crippen LogP contribution in [0.25, 0.3) is 0 Å². The highest BCUT2D eigenvalue weighted by Crippen LogP contribution is 2.28. The molecular weight excluding hydrogens is 236 g/mol. The molecule has 0 amide bonds. The zero-order valence-electron chi connectivity index (χ0n) is 12.6. The summed E-state index contributed by atoms with van der Waals surface area (Å²) >= 11 is 0. The van der Waals surface area contributed by atoms with Crippen molar-refractivity contribution < 1.29 is 0 Å². The highest BCUT2D eigenvalue weighted by molar-refractivity contribution is 5.50. The highest BCUT2D eigenvalue weighted by Gasteiger charge is 2.26. The molecule has 2 heterocycles. The van der Waals surface area contributed by atoms with E-state index >= 15 is 0 Å². The summed E-state index contributed by atoms with van der Waals surface area (Å²) in [4.78, 5) is 11.6. The maximum atomic E-state index is 4.68. The summed E-state index contributed by atoms with van der Waals surface area (Å²) in [6.07, 6.45) is 2.16. The summed E-state index contributed by atoms with van der Waals surface area (Å²) in [6, 6.07) is 2.09. The van der Waals surface area contributed by atoms with E-state index in [1.807, 2.05) is 0 Å². The molecule has 0 aromatic carbocycles. The van der Waals surface area contributed by atoms with E-state index in [4.69, 9.17) is 0 Å². The minimum absolute atomic E-state index is 0.755. The van der Waals surface area contributed by atoms with Gasteiger partial charge in [0, 0.05) is 32.1 Å². The quantitative estimate of drug-likeness (QED) is 0.886. The van der Waals surface area contributed by atoms with Crippen molar-refractivity contribution in [1.29, 1.82) is 0 Å². The second-order valence-electron chi connectivity index (χ2n) is 5.65. The lowest BCUT2D eigenvalue weighted by atomic mass is 9.95. The first-order valence-electron chi connectivity index (χ1n) is 7.50. The van der Waals surface area contributed by atoms with Crippen LogP contribution in [0.2, 0.25) is 0 Å². The Morgan fingerprint density at radius 1 is 1.37 bits per heavy atom. The van der Waals surface area contributed by atoms with Crippen molar-refractivity contribution in [3.05, 3.63) is 11.9 Å². The topological polar surface area (TPSA) is 41.0 Å². The molecule has 0 aliphatic carbocycles. The van der Waals surface area contributed by atoms with E-state index in [-0.39, 0.29) is 0 Å². The van der Waals surface area contributed by atoms with Gasteiger partial charge in [0.2, 0.25) is 0 Å². The molecule has 1 unspecified atom stereocenters. The lowest BCUT2D eigenvalue weighted by Crippen LogP contribution is -2.23. The molecule has 1 aromatic rings. The minimum atomic E-state index is 0.755. The first kappa shape index (κ1) is 14.1. The van der Waals surface area contributed by atoms with E-state index in [0.717, 1.165) is 55.4 Å². The number of nitrogens with one attached hydrogen (secondary N) is 1. The molecule has 4 nitrogen and oxygen atoms in total. The predicted molar refractivity (Wildman–Crippen MR) is 80.7 cm³/mol. The maximum Gasteiger partial charge on any atom is 0.134 e. The van der Waals surface area contributed by atoms with Crippen molar-refractivity contribution in [2.75, 3.05) is 29.9 Å². The molecule has 1 aromatic heterocycles. The number of aryl methyl sites for hydroxylation is 1. The lowest BCUT2D eigenvalue weighted by Gasteiger charge is -2.20. The third kappa shape index (κ3) is 3.37. The van der Waals surface area contributed by atoms with Gasteiger partial charge in [-0.2, -0.15) is 0 Å². The Labute approximate surface area is 116 Å². The smallest absolute Gasteiger partial charge is 0.134 e. The molecule has 0 bridgehead atoms. The maximum absolute atomic E-state index is 4.68. The molecule has 1 saturated heterocycles. The summed E-state index contributed by atoms with van der Waals surface area (Å²) < 4.78 is 0. The van der Waals surface area contributed by atoms with Gasteiger partial charge in [-0.25, -0.2) is 9.97 Å². The van der Waals surface area contributed by atoms with Gasteiger partial charge in [0.25, 0.3) is 0 Å². The average molecular weight is 262 g/mol. The molecule has 4 heteroatoms. The van der Waals surface area contributed by atoms with Crippen LogP contribution in [-0.2, 0) is 6.42 Å². The van der Waals surface area contributed by atoms with E-state index in [9.17, 15) is 0 Å². The molecule has 0 saturated carbocycles. The average Bonchev–Trinajstić information content (AvgIpc) is 2.88. The summed E-state index contributed by atoms with van der Waals surface area (Å²) in [5.74, 6) is 4.53. The molecule has 1 atom stereocenters. The summed E-state index contributed by atoms with van der Waals surface area (Å²) in [6.45, 7) is 12.0. The molecule has 2 rings (SSSR count). The number of hydrogen-bond donors (Lipinski definition) is 1. The monoisotopic (exact) mass is 262 g/mol. The molecule has 1 fully saturated rings. The Kier molecular flexibility index (Phi) is 4.61. The fourth-order valence-corrected chi connectivity index (χ4v) is 2.61. The van der Waals surface area contributed by atoms with Crippen LogP contribution in [0.3, 0.4) is 0 Å². The SMILES string of the molecule is CCNc1cc(N2CCC(C(C)C)C2)nc(CC)n1. The highest BCUT2D eigenvalue weighted by atomic mass is 15.2. The largest absolute Gasteiger partial charge is 0.370 e. The molecule has 1 aliphatic heterocycles. The fraction of sp³-hybridized carbons (Fsp3) is 0.733. The number of hydrogen-bond acceptors (Lipinski definition) is 4. The van der Waals surface area contributed by atoms with Gasteiger partial charge in [-0.15, -0.1) is 0 Å². The van der Waals surface area contributed by atoms with E-state index in [2.05, 4.69) is 53.9 Å². The van der Waals surface area contributed by atoms with E-state index in [0.29, 0.717) is 0 Å². The van der Waals surface area contributed by atoms with Gasteiger partial charge in [0.05, 0.1) is 0 Å². The number of anilines is 2. The molecule has 1 N–H and O–H groups in total. The predicted octanol–water partition coefficient (Wildman–Crippen LogP) is 2.95. The van der Waals surface area contributed by atoms with Crippen LogP contribution >= 0.6 is 0 Å². The summed E-state index contributed by atoms with van der Waals surface area (Å²) in [5, 5.41) is 3.30. The Morgan fingerprint density at radius 3 is 2.74 bits per heavy atom. The Bertz CT molecular complexity index is 417. The van der Waals surface area contributed by atoms with Crippen molar-refractivity contribution in [1.82, 2.24) is 9.97 Å². The van der Waals surface area contributed by atoms with Crippen LogP contribution in [0.1, 0.15) is 39.9 Å². The first-order chi connectivity index (χ1) is 9.13. The lowest BCUT2D eigenvalue weighted by molar-refractivity contribution is 0.422. The Balaban J connectivity index is 2.17. The zero-order valence-corrected chi connectivity index (χ0v) is 12.6. The number of aromatic nitrogens is 2. The van der Waals surface area contributed by atoms with Gasteiger partial charge in [-0.3, -0.25) is 0 Å². The fourth-order valence-electron chi connectivity index (χ4n) is 2.61. The van der Waals surface area contributed by atoms with Crippen LogP contribution in [0.5, 0.6) is 0 Å². The van der Waals surface area contributed by atoms with E-state index < -0.39 is 0 Å². The van der Waals surface area contributed by atoms with Crippen molar-refractivity contribution in [2.24, 2.45) is 11.8 Å². The van der Waals surface area contributed by atoms with Crippen LogP contribution in [0.4, 0.5) is 11.6 Å². The minimum Gasteiger partial charge on any atom is -0.370 e. The van der Waals surface area contributed by atoms with Gasteiger partial charge in [-0.05, 0) is 25.2 Å². The molecular formula is C15H26N4. The van der Waals surface area contributed by atoms with Crippen molar-refractivity contribution in [2.45, 2.75) is 40.5 Å². The Morgan fingerprint density at radius 2 is 2.16 bits per heavy atom. The molecule has 19 heavy (non-hydrogen) atoms. The van der Waals surface area contributed by atoms with Gasteiger partial charge in [0.1, 0.15) is 17.5 Å². The van der Waals surface area contributed by atoms with Crippen molar-refractivity contribution in [3.63, 3.8) is 0 Å². The standard InChI is InChI=1S/C15H26N4/c1-5-13-17-14(16-6-2)9-15(18-13)19-8-7-12(10-19)11(3)4/h9,11-12H,5-8,10H2,1-4H3,(H,16,17,18). The molecule has 106 valence electrons. The van der Waals surface area contributed by atoms with Gasteiger partial charge < -0.3 is 10.2 Å². The van der Waals surface area contributed by atoms with Gasteiger partial charge in [-0.1, -0.05) is 20.8 Å². The number of rotatable bonds is 5. The van der Waals surface area contributed by atoms with E-state index in [1.54, 1.807) is 0 Å².